The highest BCUT2D eigenvalue weighted by molar-refractivity contribution is 6.04. The number of carbonyl (C=O) groups is 1. The Kier molecular flexibility index (Phi) is 8.19. The van der Waals surface area contributed by atoms with Crippen LogP contribution in [-0.2, 0) is 11.3 Å². The average molecular weight is 510 g/mol. The molecule has 1 fully saturated rings. The summed E-state index contributed by atoms with van der Waals surface area (Å²) in [6, 6.07) is 13.4. The fourth-order valence-corrected chi connectivity index (χ4v) is 3.52. The lowest BCUT2D eigenvalue weighted by Crippen LogP contribution is -2.35. The quantitative estimate of drug-likeness (QED) is 0.236. The van der Waals surface area contributed by atoms with Gasteiger partial charge >= 0.3 is 0 Å². The topological polar surface area (TPSA) is 41.6 Å². The number of hydrogen-bond acceptors (Lipinski definition) is 3. The van der Waals surface area contributed by atoms with Crippen molar-refractivity contribution in [3.8, 4) is 23.7 Å². The van der Waals surface area contributed by atoms with E-state index in [1.807, 2.05) is 24.3 Å². The molecule has 4 nitrogen and oxygen atoms in total. The van der Waals surface area contributed by atoms with Gasteiger partial charge in [-0.2, -0.15) is 0 Å². The first-order valence-electron chi connectivity index (χ1n) is 11.2. The monoisotopic (exact) mass is 510 g/mol. The van der Waals surface area contributed by atoms with E-state index in [4.69, 9.17) is 4.74 Å². The zero-order valence-corrected chi connectivity index (χ0v) is 19.3. The number of amides is 1. The summed E-state index contributed by atoms with van der Waals surface area (Å²) in [4.78, 5) is 14.6. The minimum Gasteiger partial charge on any atom is -0.379 e. The van der Waals surface area contributed by atoms with E-state index in [2.05, 4.69) is 28.6 Å². The second-order valence-corrected chi connectivity index (χ2v) is 8.06. The van der Waals surface area contributed by atoms with E-state index in [1.54, 1.807) is 5.32 Å². The predicted octanol–water partition coefficient (Wildman–Crippen LogP) is 4.87. The van der Waals surface area contributed by atoms with Crippen molar-refractivity contribution in [3.05, 3.63) is 99.9 Å². The standard InChI is InChI=1S/C28H19F5N2O2/c29-22-23(30)25(32)27(26(33)24(22)31)34-28(36)21-11-9-19(10-12-21)4-2-1-3-18-5-7-20(8-6-18)17-35-13-15-37-16-14-35/h5-12H,13-17H2,(H,34,36). The number of morpholine rings is 1. The fraction of sp³-hybridized carbons (Fsp3) is 0.179. The molecule has 0 unspecified atom stereocenters. The Morgan fingerprint density at radius 2 is 1.24 bits per heavy atom. The highest BCUT2D eigenvalue weighted by Gasteiger charge is 2.27. The van der Waals surface area contributed by atoms with Gasteiger partial charge in [0.25, 0.3) is 5.91 Å². The van der Waals surface area contributed by atoms with E-state index in [9.17, 15) is 26.7 Å². The molecule has 1 N–H and O–H groups in total. The molecule has 188 valence electrons. The van der Waals surface area contributed by atoms with Crippen molar-refractivity contribution in [2.45, 2.75) is 6.54 Å². The Hall–Kier alpha value is -4.18. The largest absolute Gasteiger partial charge is 0.379 e. The summed E-state index contributed by atoms with van der Waals surface area (Å²) in [5.41, 5.74) is 0.998. The van der Waals surface area contributed by atoms with E-state index < -0.39 is 40.7 Å². The van der Waals surface area contributed by atoms with Crippen LogP contribution >= 0.6 is 0 Å². The number of nitrogens with zero attached hydrogens (tertiary/aromatic N) is 1. The van der Waals surface area contributed by atoms with Gasteiger partial charge in [-0.25, -0.2) is 22.0 Å². The number of benzene rings is 3. The van der Waals surface area contributed by atoms with E-state index in [0.717, 1.165) is 38.4 Å². The molecule has 4 rings (SSSR count). The Balaban J connectivity index is 1.36. The first-order valence-corrected chi connectivity index (χ1v) is 11.2. The molecule has 0 spiro atoms. The molecule has 0 atom stereocenters. The second-order valence-electron chi connectivity index (χ2n) is 8.06. The maximum absolute atomic E-state index is 13.8. The van der Waals surface area contributed by atoms with Crippen LogP contribution in [0, 0.1) is 52.8 Å². The van der Waals surface area contributed by atoms with Crippen LogP contribution in [0.4, 0.5) is 27.6 Å². The number of anilines is 1. The molecule has 1 saturated heterocycles. The van der Waals surface area contributed by atoms with Gasteiger partial charge in [0.2, 0.25) is 5.82 Å². The highest BCUT2D eigenvalue weighted by Crippen LogP contribution is 2.27. The third kappa shape index (κ3) is 6.34. The number of carbonyl (C=O) groups excluding carboxylic acids is 1. The van der Waals surface area contributed by atoms with Gasteiger partial charge in [0, 0.05) is 36.3 Å². The lowest BCUT2D eigenvalue weighted by atomic mass is 10.1. The van der Waals surface area contributed by atoms with E-state index in [0.29, 0.717) is 5.56 Å². The molecule has 3 aromatic carbocycles. The summed E-state index contributed by atoms with van der Waals surface area (Å²) in [5.74, 6) is -0.720. The second kappa shape index (κ2) is 11.7. The van der Waals surface area contributed by atoms with Crippen molar-refractivity contribution in [2.24, 2.45) is 0 Å². The molecule has 0 bridgehead atoms. The molecule has 9 heteroatoms. The highest BCUT2D eigenvalue weighted by atomic mass is 19.2. The molecule has 0 radical (unpaired) electrons. The van der Waals surface area contributed by atoms with Crippen LogP contribution < -0.4 is 5.32 Å². The Bertz CT molecular complexity index is 1400. The van der Waals surface area contributed by atoms with Gasteiger partial charge in [0.05, 0.1) is 13.2 Å². The SMILES string of the molecule is O=C(Nc1c(F)c(F)c(F)c(F)c1F)c1ccc(C#CC#Cc2ccc(CN3CCOCC3)cc2)cc1. The van der Waals surface area contributed by atoms with Gasteiger partial charge in [-0.3, -0.25) is 9.69 Å². The van der Waals surface area contributed by atoms with Crippen LogP contribution in [0.25, 0.3) is 0 Å². The lowest BCUT2D eigenvalue weighted by Gasteiger charge is -2.26. The van der Waals surface area contributed by atoms with Crippen LogP contribution in [0.5, 0.6) is 0 Å². The minimum absolute atomic E-state index is 0.0715. The van der Waals surface area contributed by atoms with Crippen LogP contribution in [0.3, 0.4) is 0 Å². The molecule has 1 aliphatic rings. The number of halogens is 5. The van der Waals surface area contributed by atoms with Gasteiger partial charge in [-0.1, -0.05) is 24.0 Å². The zero-order chi connectivity index (χ0) is 26.4. The molecular formula is C28H19F5N2O2. The third-order valence-corrected chi connectivity index (χ3v) is 5.54. The van der Waals surface area contributed by atoms with Gasteiger partial charge in [-0.15, -0.1) is 0 Å². The Morgan fingerprint density at radius 3 is 1.78 bits per heavy atom. The molecule has 0 aliphatic carbocycles. The van der Waals surface area contributed by atoms with Crippen LogP contribution in [0.15, 0.2) is 48.5 Å². The summed E-state index contributed by atoms with van der Waals surface area (Å²) >= 11 is 0. The van der Waals surface area contributed by atoms with E-state index in [1.165, 1.54) is 29.8 Å². The Labute approximate surface area is 210 Å². The average Bonchev–Trinajstić information content (AvgIpc) is 2.93. The maximum atomic E-state index is 13.8. The summed E-state index contributed by atoms with van der Waals surface area (Å²) in [6.07, 6.45) is 0. The molecule has 0 aromatic heterocycles. The third-order valence-electron chi connectivity index (χ3n) is 5.54. The number of nitrogens with one attached hydrogen (secondary N) is 1. The first kappa shape index (κ1) is 25.9. The lowest BCUT2D eigenvalue weighted by molar-refractivity contribution is 0.0342. The zero-order valence-electron chi connectivity index (χ0n) is 19.3. The van der Waals surface area contributed by atoms with Crippen molar-refractivity contribution in [1.82, 2.24) is 4.90 Å². The summed E-state index contributed by atoms with van der Waals surface area (Å²) < 4.78 is 72.7. The van der Waals surface area contributed by atoms with Crippen LogP contribution in [0.2, 0.25) is 0 Å². The molecule has 1 heterocycles. The van der Waals surface area contributed by atoms with Gasteiger partial charge in [0.15, 0.2) is 23.3 Å². The summed E-state index contributed by atoms with van der Waals surface area (Å²) in [5, 5.41) is 1.72. The first-order chi connectivity index (χ1) is 17.8. The normalized spacial score (nSPS) is 13.2. The van der Waals surface area contributed by atoms with Gasteiger partial charge in [-0.05, 0) is 53.8 Å². The molecular weight excluding hydrogens is 491 g/mol. The van der Waals surface area contributed by atoms with Crippen LogP contribution in [0.1, 0.15) is 27.0 Å². The fourth-order valence-electron chi connectivity index (χ4n) is 3.52. The molecule has 1 aliphatic heterocycles. The summed E-state index contributed by atoms with van der Waals surface area (Å²) in [6.45, 7) is 4.17. The number of ether oxygens (including phenoxy) is 1. The minimum atomic E-state index is -2.31. The van der Waals surface area contributed by atoms with Crippen molar-refractivity contribution in [1.29, 1.82) is 0 Å². The maximum Gasteiger partial charge on any atom is 0.255 e. The van der Waals surface area contributed by atoms with Crippen molar-refractivity contribution < 1.29 is 31.5 Å². The van der Waals surface area contributed by atoms with E-state index >= 15 is 0 Å². The van der Waals surface area contributed by atoms with Gasteiger partial charge < -0.3 is 10.1 Å². The van der Waals surface area contributed by atoms with E-state index in [-0.39, 0.29) is 5.56 Å². The number of hydrogen-bond donors (Lipinski definition) is 1. The van der Waals surface area contributed by atoms with Crippen molar-refractivity contribution >= 4 is 11.6 Å². The van der Waals surface area contributed by atoms with Crippen molar-refractivity contribution in [2.75, 3.05) is 31.6 Å². The molecule has 3 aromatic rings. The van der Waals surface area contributed by atoms with Crippen LogP contribution in [-0.4, -0.2) is 37.1 Å². The smallest absolute Gasteiger partial charge is 0.255 e. The number of rotatable bonds is 4. The predicted molar refractivity (Wildman–Crippen MR) is 127 cm³/mol. The Morgan fingerprint density at radius 1 is 0.757 bits per heavy atom. The summed E-state index contributed by atoms with van der Waals surface area (Å²) in [7, 11) is 0. The molecule has 1 amide bonds. The van der Waals surface area contributed by atoms with Crippen molar-refractivity contribution in [3.63, 3.8) is 0 Å². The van der Waals surface area contributed by atoms with Gasteiger partial charge in [0.1, 0.15) is 5.69 Å². The molecule has 37 heavy (non-hydrogen) atoms. The molecule has 0 saturated carbocycles.